The number of rotatable bonds is 4. The fraction of sp³-hybridized carbons (Fsp3) is 0.0370. The molecule has 3 aromatic carbocycles. The topological polar surface area (TPSA) is 114 Å². The first-order valence-corrected chi connectivity index (χ1v) is 10.9. The largest absolute Gasteiger partial charge is 0.463 e. The molecule has 0 bridgehead atoms. The van der Waals surface area contributed by atoms with Crippen molar-refractivity contribution >= 4 is 33.7 Å². The van der Waals surface area contributed by atoms with E-state index in [0.29, 0.717) is 39.4 Å². The standard InChI is InChI=1S/C27H18N4O4/c1-15-9-10-21-23(11-15)35-27(30-21)19-13-28-31-24(19)16-5-4-6-17(12-16)29-26(33)20-14-34-22-8-3-2-7-18(22)25(20)32/h2-14H,1H3,(H,28,31)(H,29,33). The van der Waals surface area contributed by atoms with E-state index in [1.807, 2.05) is 31.2 Å². The minimum atomic E-state index is -0.557. The Morgan fingerprint density at radius 3 is 2.80 bits per heavy atom. The smallest absolute Gasteiger partial charge is 0.262 e. The van der Waals surface area contributed by atoms with Crippen LogP contribution in [0, 0.1) is 6.92 Å². The molecule has 0 aliphatic heterocycles. The van der Waals surface area contributed by atoms with Crippen LogP contribution in [0.2, 0.25) is 0 Å². The van der Waals surface area contributed by atoms with Crippen LogP contribution in [0.4, 0.5) is 5.69 Å². The number of nitrogens with zero attached hydrogens (tertiary/aromatic N) is 2. The Bertz CT molecular complexity index is 1790. The maximum absolute atomic E-state index is 12.9. The van der Waals surface area contributed by atoms with Crippen LogP contribution >= 0.6 is 0 Å². The Kier molecular flexibility index (Phi) is 4.77. The number of nitrogens with one attached hydrogen (secondary N) is 2. The lowest BCUT2D eigenvalue weighted by molar-refractivity contribution is 0.102. The first-order chi connectivity index (χ1) is 17.1. The van der Waals surface area contributed by atoms with E-state index in [1.54, 1.807) is 48.7 Å². The van der Waals surface area contributed by atoms with E-state index in [-0.39, 0.29) is 11.0 Å². The summed E-state index contributed by atoms with van der Waals surface area (Å²) in [5.74, 6) is -0.115. The normalized spacial score (nSPS) is 11.2. The minimum Gasteiger partial charge on any atom is -0.463 e. The zero-order chi connectivity index (χ0) is 23.9. The van der Waals surface area contributed by atoms with Crippen molar-refractivity contribution in [3.63, 3.8) is 0 Å². The molecule has 0 spiro atoms. The maximum atomic E-state index is 12.9. The van der Waals surface area contributed by atoms with Crippen LogP contribution in [0.25, 0.3) is 44.8 Å². The van der Waals surface area contributed by atoms with Crippen LogP contribution in [0.5, 0.6) is 0 Å². The van der Waals surface area contributed by atoms with Crippen LogP contribution in [0.3, 0.4) is 0 Å². The van der Waals surface area contributed by atoms with Crippen molar-refractivity contribution in [2.45, 2.75) is 6.92 Å². The molecular weight excluding hydrogens is 444 g/mol. The second-order valence-electron chi connectivity index (χ2n) is 8.15. The van der Waals surface area contributed by atoms with Crippen molar-refractivity contribution in [1.29, 1.82) is 0 Å². The van der Waals surface area contributed by atoms with Crippen molar-refractivity contribution in [3.8, 4) is 22.7 Å². The molecule has 0 unspecified atom stereocenters. The van der Waals surface area contributed by atoms with Crippen molar-refractivity contribution in [2.24, 2.45) is 0 Å². The van der Waals surface area contributed by atoms with Gasteiger partial charge in [0.05, 0.1) is 10.9 Å². The van der Waals surface area contributed by atoms with Crippen molar-refractivity contribution in [2.75, 3.05) is 5.32 Å². The van der Waals surface area contributed by atoms with Crippen LogP contribution in [0.1, 0.15) is 15.9 Å². The van der Waals surface area contributed by atoms with Gasteiger partial charge in [0.25, 0.3) is 5.91 Å². The molecule has 6 aromatic rings. The SMILES string of the molecule is Cc1ccc2nc(-c3c[nH]nc3-c3cccc(NC(=O)c4coc5ccccc5c4=O)c3)oc2c1. The van der Waals surface area contributed by atoms with Gasteiger partial charge in [0, 0.05) is 17.4 Å². The number of para-hydroxylation sites is 1. The molecule has 0 atom stereocenters. The van der Waals surface area contributed by atoms with Gasteiger partial charge >= 0.3 is 0 Å². The fourth-order valence-corrected chi connectivity index (χ4v) is 4.00. The van der Waals surface area contributed by atoms with Gasteiger partial charge in [-0.25, -0.2) is 4.98 Å². The molecule has 0 saturated heterocycles. The van der Waals surface area contributed by atoms with Crippen molar-refractivity contribution in [1.82, 2.24) is 15.2 Å². The van der Waals surface area contributed by atoms with Gasteiger partial charge in [-0.1, -0.05) is 30.3 Å². The van der Waals surface area contributed by atoms with E-state index in [1.165, 1.54) is 6.26 Å². The predicted octanol–water partition coefficient (Wildman–Crippen LogP) is 5.55. The third-order valence-corrected chi connectivity index (χ3v) is 5.73. The van der Waals surface area contributed by atoms with E-state index >= 15 is 0 Å². The molecule has 35 heavy (non-hydrogen) atoms. The summed E-state index contributed by atoms with van der Waals surface area (Å²) in [5, 5.41) is 10.4. The monoisotopic (exact) mass is 462 g/mol. The number of H-pyrrole nitrogens is 1. The molecule has 2 N–H and O–H groups in total. The van der Waals surface area contributed by atoms with Gasteiger partial charge in [-0.2, -0.15) is 5.10 Å². The van der Waals surface area contributed by atoms with Crippen molar-refractivity contribution < 1.29 is 13.6 Å². The molecule has 3 aromatic heterocycles. The van der Waals surface area contributed by atoms with Gasteiger partial charge in [-0.15, -0.1) is 0 Å². The highest BCUT2D eigenvalue weighted by Crippen LogP contribution is 2.33. The van der Waals surface area contributed by atoms with Gasteiger partial charge < -0.3 is 14.2 Å². The zero-order valence-corrected chi connectivity index (χ0v) is 18.5. The molecule has 0 fully saturated rings. The highest BCUT2D eigenvalue weighted by atomic mass is 16.3. The molecule has 8 nitrogen and oxygen atoms in total. The number of aromatic nitrogens is 3. The van der Waals surface area contributed by atoms with E-state index < -0.39 is 5.91 Å². The molecule has 8 heteroatoms. The van der Waals surface area contributed by atoms with E-state index in [9.17, 15) is 9.59 Å². The number of carbonyl (C=O) groups is 1. The highest BCUT2D eigenvalue weighted by molar-refractivity contribution is 6.05. The number of aromatic amines is 1. The number of fused-ring (bicyclic) bond motifs is 2. The summed E-state index contributed by atoms with van der Waals surface area (Å²) in [6.45, 7) is 1.99. The Labute approximate surface area is 198 Å². The number of hydrogen-bond donors (Lipinski definition) is 2. The Balaban J connectivity index is 1.32. The molecular formula is C27H18N4O4. The van der Waals surface area contributed by atoms with Crippen LogP contribution in [-0.4, -0.2) is 21.1 Å². The minimum absolute atomic E-state index is 0.0728. The van der Waals surface area contributed by atoms with Gasteiger partial charge in [0.15, 0.2) is 5.58 Å². The van der Waals surface area contributed by atoms with Crippen molar-refractivity contribution in [3.05, 3.63) is 101 Å². The third kappa shape index (κ3) is 3.67. The number of amides is 1. The lowest BCUT2D eigenvalue weighted by atomic mass is 10.1. The summed E-state index contributed by atoms with van der Waals surface area (Å²) < 4.78 is 11.4. The molecule has 170 valence electrons. The van der Waals surface area contributed by atoms with Gasteiger partial charge in [0.1, 0.15) is 28.6 Å². The second kappa shape index (κ2) is 8.11. The summed E-state index contributed by atoms with van der Waals surface area (Å²) in [7, 11) is 0. The molecule has 0 aliphatic carbocycles. The van der Waals surface area contributed by atoms with E-state index in [2.05, 4.69) is 20.5 Å². The molecule has 6 rings (SSSR count). The summed E-state index contributed by atoms with van der Waals surface area (Å²) in [4.78, 5) is 30.2. The molecule has 0 radical (unpaired) electrons. The lowest BCUT2D eigenvalue weighted by Crippen LogP contribution is -2.21. The molecule has 1 amide bonds. The Hall–Kier alpha value is -4.98. The first-order valence-electron chi connectivity index (χ1n) is 10.9. The number of anilines is 1. The third-order valence-electron chi connectivity index (χ3n) is 5.73. The average molecular weight is 462 g/mol. The molecule has 0 saturated carbocycles. The predicted molar refractivity (Wildman–Crippen MR) is 132 cm³/mol. The van der Waals surface area contributed by atoms with Gasteiger partial charge in [-0.3, -0.25) is 14.7 Å². The van der Waals surface area contributed by atoms with Crippen LogP contribution < -0.4 is 10.7 Å². The van der Waals surface area contributed by atoms with Gasteiger partial charge in [-0.05, 0) is 48.9 Å². The summed E-state index contributed by atoms with van der Waals surface area (Å²) in [6.07, 6.45) is 2.91. The van der Waals surface area contributed by atoms with E-state index in [4.69, 9.17) is 8.83 Å². The van der Waals surface area contributed by atoms with Crippen LogP contribution in [-0.2, 0) is 0 Å². The summed E-state index contributed by atoms with van der Waals surface area (Å²) >= 11 is 0. The highest BCUT2D eigenvalue weighted by Gasteiger charge is 2.18. The Morgan fingerprint density at radius 1 is 1.00 bits per heavy atom. The molecule has 0 aliphatic rings. The second-order valence-corrected chi connectivity index (χ2v) is 8.15. The van der Waals surface area contributed by atoms with E-state index in [0.717, 1.165) is 16.6 Å². The number of hydrogen-bond acceptors (Lipinski definition) is 6. The summed E-state index contributed by atoms with van der Waals surface area (Å²) in [5.41, 5.74) is 5.05. The van der Waals surface area contributed by atoms with Crippen LogP contribution in [0.15, 0.2) is 92.8 Å². The quantitative estimate of drug-likeness (QED) is 0.355. The number of aryl methyl sites for hydroxylation is 1. The number of benzene rings is 3. The molecule has 3 heterocycles. The Morgan fingerprint density at radius 2 is 1.89 bits per heavy atom. The maximum Gasteiger partial charge on any atom is 0.262 e. The average Bonchev–Trinajstić information content (AvgIpc) is 3.51. The zero-order valence-electron chi connectivity index (χ0n) is 18.5. The number of carbonyl (C=O) groups excluding carboxylic acids is 1. The number of oxazole rings is 1. The first kappa shape index (κ1) is 20.6. The summed E-state index contributed by atoms with van der Waals surface area (Å²) in [6, 6.07) is 19.8. The lowest BCUT2D eigenvalue weighted by Gasteiger charge is -2.07. The fourth-order valence-electron chi connectivity index (χ4n) is 4.00. The van der Waals surface area contributed by atoms with Gasteiger partial charge in [0.2, 0.25) is 11.3 Å².